The predicted octanol–water partition coefficient (Wildman–Crippen LogP) is 0.220. The van der Waals surface area contributed by atoms with E-state index < -0.39 is 0 Å². The largest absolute Gasteiger partial charge is 0.399 e. The van der Waals surface area contributed by atoms with Crippen LogP contribution >= 0.6 is 0 Å². The molecule has 1 aliphatic carbocycles. The van der Waals surface area contributed by atoms with Gasteiger partial charge in [0.25, 0.3) is 5.56 Å². The zero-order valence-electron chi connectivity index (χ0n) is 11.7. The minimum absolute atomic E-state index is 0.0694. The molecule has 110 valence electrons. The van der Waals surface area contributed by atoms with Gasteiger partial charge < -0.3 is 16.0 Å². The molecule has 0 spiro atoms. The fourth-order valence-electron chi connectivity index (χ4n) is 2.12. The van der Waals surface area contributed by atoms with E-state index in [4.69, 9.17) is 5.73 Å². The Morgan fingerprint density at radius 3 is 3.00 bits per heavy atom. The number of nitrogens with two attached hydrogens (primary N) is 1. The van der Waals surface area contributed by atoms with Crippen molar-refractivity contribution >= 4 is 28.4 Å². The van der Waals surface area contributed by atoms with Gasteiger partial charge >= 0.3 is 0 Å². The van der Waals surface area contributed by atoms with Gasteiger partial charge in [-0.1, -0.05) is 0 Å². The average molecular weight is 287 g/mol. The summed E-state index contributed by atoms with van der Waals surface area (Å²) in [6.45, 7) is 0.153. The molecule has 1 aromatic heterocycles. The third-order valence-electron chi connectivity index (χ3n) is 3.40. The SMILES string of the molecule is CN(CC(=O)NC1CC1)c1nc2ccc(N)cc2c(=O)[nH]1. The van der Waals surface area contributed by atoms with Gasteiger partial charge in [0.15, 0.2) is 0 Å². The van der Waals surface area contributed by atoms with Crippen molar-refractivity contribution in [1.82, 2.24) is 15.3 Å². The molecule has 0 radical (unpaired) electrons. The summed E-state index contributed by atoms with van der Waals surface area (Å²) in [5, 5.41) is 3.34. The number of benzene rings is 1. The first-order valence-electron chi connectivity index (χ1n) is 6.83. The minimum atomic E-state index is -0.267. The molecule has 2 aromatic rings. The monoisotopic (exact) mass is 287 g/mol. The first kappa shape index (κ1) is 13.4. The predicted molar refractivity (Wildman–Crippen MR) is 81.2 cm³/mol. The van der Waals surface area contributed by atoms with Crippen molar-refractivity contribution in [1.29, 1.82) is 0 Å². The highest BCUT2D eigenvalue weighted by Gasteiger charge is 2.23. The first-order valence-corrected chi connectivity index (χ1v) is 6.83. The van der Waals surface area contributed by atoms with E-state index in [0.717, 1.165) is 12.8 Å². The third-order valence-corrected chi connectivity index (χ3v) is 3.40. The third kappa shape index (κ3) is 2.96. The molecular formula is C14H17N5O2. The van der Waals surface area contributed by atoms with Crippen molar-refractivity contribution < 1.29 is 4.79 Å². The van der Waals surface area contributed by atoms with Gasteiger partial charge in [0.1, 0.15) is 0 Å². The minimum Gasteiger partial charge on any atom is -0.399 e. The van der Waals surface area contributed by atoms with E-state index in [0.29, 0.717) is 28.6 Å². The molecule has 1 amide bonds. The van der Waals surface area contributed by atoms with E-state index in [9.17, 15) is 9.59 Å². The Morgan fingerprint density at radius 2 is 2.29 bits per heavy atom. The van der Waals surface area contributed by atoms with Crippen LogP contribution in [0.1, 0.15) is 12.8 Å². The Morgan fingerprint density at radius 1 is 1.52 bits per heavy atom. The van der Waals surface area contributed by atoms with Crippen LogP contribution in [-0.2, 0) is 4.79 Å². The second-order valence-corrected chi connectivity index (χ2v) is 5.36. The number of aromatic nitrogens is 2. The molecular weight excluding hydrogens is 270 g/mol. The van der Waals surface area contributed by atoms with Crippen molar-refractivity contribution in [2.24, 2.45) is 0 Å². The molecule has 3 rings (SSSR count). The van der Waals surface area contributed by atoms with Crippen molar-refractivity contribution in [2.45, 2.75) is 18.9 Å². The number of anilines is 2. The lowest BCUT2D eigenvalue weighted by atomic mass is 10.2. The van der Waals surface area contributed by atoms with Gasteiger partial charge in [-0.05, 0) is 31.0 Å². The van der Waals surface area contributed by atoms with Gasteiger partial charge in [0.05, 0.1) is 17.4 Å². The summed E-state index contributed by atoms with van der Waals surface area (Å²) in [5.74, 6) is 0.295. The van der Waals surface area contributed by atoms with Gasteiger partial charge in [-0.2, -0.15) is 0 Å². The maximum atomic E-state index is 12.1. The normalized spacial score (nSPS) is 14.1. The van der Waals surface area contributed by atoms with Crippen molar-refractivity contribution in [3.63, 3.8) is 0 Å². The highest BCUT2D eigenvalue weighted by Crippen LogP contribution is 2.18. The maximum absolute atomic E-state index is 12.1. The fourth-order valence-corrected chi connectivity index (χ4v) is 2.12. The number of carbonyl (C=O) groups excluding carboxylic acids is 1. The number of hydrogen-bond acceptors (Lipinski definition) is 5. The van der Waals surface area contributed by atoms with Gasteiger partial charge in [-0.3, -0.25) is 14.6 Å². The van der Waals surface area contributed by atoms with Crippen molar-refractivity contribution in [3.05, 3.63) is 28.6 Å². The Hall–Kier alpha value is -2.57. The number of H-pyrrole nitrogens is 1. The van der Waals surface area contributed by atoms with Gasteiger partial charge in [0.2, 0.25) is 11.9 Å². The molecule has 7 heteroatoms. The lowest BCUT2D eigenvalue weighted by Crippen LogP contribution is -2.37. The number of rotatable bonds is 4. The lowest BCUT2D eigenvalue weighted by Gasteiger charge is -2.17. The topological polar surface area (TPSA) is 104 Å². The molecule has 4 N–H and O–H groups in total. The maximum Gasteiger partial charge on any atom is 0.260 e. The van der Waals surface area contributed by atoms with E-state index in [-0.39, 0.29) is 18.0 Å². The molecule has 21 heavy (non-hydrogen) atoms. The Kier molecular flexibility index (Phi) is 3.25. The Bertz CT molecular complexity index is 751. The average Bonchev–Trinajstić information content (AvgIpc) is 3.23. The summed E-state index contributed by atoms with van der Waals surface area (Å²) in [7, 11) is 1.72. The number of aromatic amines is 1. The highest BCUT2D eigenvalue weighted by molar-refractivity contribution is 5.83. The molecule has 7 nitrogen and oxygen atoms in total. The highest BCUT2D eigenvalue weighted by atomic mass is 16.2. The summed E-state index contributed by atoms with van der Waals surface area (Å²) in [4.78, 5) is 32.5. The Labute approximate surface area is 121 Å². The number of nitrogens with zero attached hydrogens (tertiary/aromatic N) is 2. The summed E-state index contributed by atoms with van der Waals surface area (Å²) in [6, 6.07) is 5.29. The zero-order valence-corrected chi connectivity index (χ0v) is 11.7. The number of hydrogen-bond donors (Lipinski definition) is 3. The van der Waals surface area contributed by atoms with Gasteiger partial charge in [-0.25, -0.2) is 4.98 Å². The lowest BCUT2D eigenvalue weighted by molar-refractivity contribution is -0.119. The summed E-state index contributed by atoms with van der Waals surface area (Å²) < 4.78 is 0. The van der Waals surface area contributed by atoms with E-state index in [1.54, 1.807) is 30.1 Å². The molecule has 0 aliphatic heterocycles. The molecule has 1 aromatic carbocycles. The van der Waals surface area contributed by atoms with Crippen molar-refractivity contribution in [2.75, 3.05) is 24.2 Å². The first-order chi connectivity index (χ1) is 10.0. The van der Waals surface area contributed by atoms with Crippen LogP contribution in [0.4, 0.5) is 11.6 Å². The quantitative estimate of drug-likeness (QED) is 0.698. The number of likely N-dealkylation sites (N-methyl/N-ethyl adjacent to an activating group) is 1. The second-order valence-electron chi connectivity index (χ2n) is 5.36. The number of carbonyl (C=O) groups is 1. The van der Waals surface area contributed by atoms with Crippen LogP contribution in [-0.4, -0.2) is 35.5 Å². The molecule has 0 atom stereocenters. The molecule has 0 bridgehead atoms. The van der Waals surface area contributed by atoms with Crippen LogP contribution in [0.5, 0.6) is 0 Å². The van der Waals surface area contributed by atoms with Gasteiger partial charge in [-0.15, -0.1) is 0 Å². The van der Waals surface area contributed by atoms with E-state index in [1.165, 1.54) is 0 Å². The fraction of sp³-hybridized carbons (Fsp3) is 0.357. The molecule has 1 aliphatic rings. The number of nitrogens with one attached hydrogen (secondary N) is 2. The standard InChI is InChI=1S/C14H17N5O2/c1-19(7-12(20)16-9-3-4-9)14-17-11-5-2-8(15)6-10(11)13(21)18-14/h2,5-6,9H,3-4,7,15H2,1H3,(H,16,20)(H,17,18,21). The molecule has 1 heterocycles. The number of nitrogen functional groups attached to an aromatic ring is 1. The van der Waals surface area contributed by atoms with Crippen LogP contribution in [0.15, 0.2) is 23.0 Å². The van der Waals surface area contributed by atoms with E-state index in [2.05, 4.69) is 15.3 Å². The van der Waals surface area contributed by atoms with E-state index >= 15 is 0 Å². The molecule has 1 saturated carbocycles. The summed E-state index contributed by atoms with van der Waals surface area (Å²) in [5.41, 5.74) is 6.46. The van der Waals surface area contributed by atoms with Crippen LogP contribution in [0.25, 0.3) is 10.9 Å². The van der Waals surface area contributed by atoms with Gasteiger partial charge in [0, 0.05) is 18.8 Å². The summed E-state index contributed by atoms with van der Waals surface area (Å²) in [6.07, 6.45) is 2.09. The summed E-state index contributed by atoms with van der Waals surface area (Å²) >= 11 is 0. The Balaban J connectivity index is 1.84. The molecule has 1 fully saturated rings. The smallest absolute Gasteiger partial charge is 0.260 e. The zero-order chi connectivity index (χ0) is 15.0. The van der Waals surface area contributed by atoms with Crippen molar-refractivity contribution in [3.8, 4) is 0 Å². The second kappa shape index (κ2) is 5.08. The van der Waals surface area contributed by atoms with E-state index in [1.807, 2.05) is 0 Å². The van der Waals surface area contributed by atoms with Crippen LogP contribution in [0.2, 0.25) is 0 Å². The number of fused-ring (bicyclic) bond motifs is 1. The van der Waals surface area contributed by atoms with Crippen LogP contribution < -0.4 is 21.5 Å². The van der Waals surface area contributed by atoms with Crippen LogP contribution in [0.3, 0.4) is 0 Å². The molecule has 0 saturated heterocycles. The molecule has 0 unspecified atom stereocenters. The van der Waals surface area contributed by atoms with Crippen LogP contribution in [0, 0.1) is 0 Å². The number of amides is 1.